The summed E-state index contributed by atoms with van der Waals surface area (Å²) in [7, 11) is 0. The summed E-state index contributed by atoms with van der Waals surface area (Å²) in [5.74, 6) is -0.763. The van der Waals surface area contributed by atoms with Crippen LogP contribution in [0, 0.1) is 12.7 Å². The molecule has 0 spiro atoms. The molecule has 1 aromatic carbocycles. The van der Waals surface area contributed by atoms with Crippen molar-refractivity contribution < 1.29 is 9.18 Å². The third-order valence-corrected chi connectivity index (χ3v) is 3.52. The average Bonchev–Trinajstić information content (AvgIpc) is 2.68. The number of rotatable bonds is 3. The number of hydrogen-bond acceptors (Lipinski definition) is 3. The predicted octanol–water partition coefficient (Wildman–Crippen LogP) is 2.95. The van der Waals surface area contributed by atoms with Crippen molar-refractivity contribution in [2.75, 3.05) is 11.1 Å². The molecule has 0 bridgehead atoms. The molecule has 20 heavy (non-hydrogen) atoms. The molecule has 2 aromatic rings. The lowest BCUT2D eigenvalue weighted by molar-refractivity contribution is 0.101. The second kappa shape index (κ2) is 5.62. The summed E-state index contributed by atoms with van der Waals surface area (Å²) in [6.45, 7) is 4.15. The molecule has 0 aliphatic heterocycles. The number of halogens is 2. The number of hydrogen-bond donors (Lipinski definition) is 2. The molecule has 0 saturated carbocycles. The maximum absolute atomic E-state index is 13.0. The number of anilines is 2. The smallest absolute Gasteiger partial charge is 0.276 e. The fourth-order valence-electron chi connectivity index (χ4n) is 1.84. The first-order chi connectivity index (χ1) is 9.43. The zero-order chi connectivity index (χ0) is 14.9. The average molecular weight is 341 g/mol. The Labute approximate surface area is 124 Å². The molecule has 1 amide bonds. The van der Waals surface area contributed by atoms with Gasteiger partial charge in [-0.15, -0.1) is 0 Å². The van der Waals surface area contributed by atoms with Gasteiger partial charge in [0.1, 0.15) is 11.5 Å². The van der Waals surface area contributed by atoms with Crippen molar-refractivity contribution >= 4 is 33.2 Å². The lowest BCUT2D eigenvalue weighted by Crippen LogP contribution is -2.19. The van der Waals surface area contributed by atoms with Crippen LogP contribution in [0.3, 0.4) is 0 Å². The minimum Gasteiger partial charge on any atom is -0.395 e. The van der Waals surface area contributed by atoms with Gasteiger partial charge in [-0.3, -0.25) is 9.48 Å². The fraction of sp³-hybridized carbons (Fsp3) is 0.231. The topological polar surface area (TPSA) is 72.9 Å². The SMILES string of the molecule is CCn1nc(C)c(N)c1C(=O)Nc1ccc(F)cc1Br. The van der Waals surface area contributed by atoms with Gasteiger partial charge in [-0.25, -0.2) is 4.39 Å². The number of carbonyl (C=O) groups excluding carboxylic acids is 1. The predicted molar refractivity (Wildman–Crippen MR) is 79.1 cm³/mol. The largest absolute Gasteiger partial charge is 0.395 e. The normalized spacial score (nSPS) is 10.6. The molecule has 0 radical (unpaired) electrons. The molecule has 1 aromatic heterocycles. The van der Waals surface area contributed by atoms with Crippen molar-refractivity contribution in [2.24, 2.45) is 0 Å². The highest BCUT2D eigenvalue weighted by atomic mass is 79.9. The Kier molecular flexibility index (Phi) is 4.08. The van der Waals surface area contributed by atoms with Gasteiger partial charge in [0.25, 0.3) is 5.91 Å². The van der Waals surface area contributed by atoms with E-state index in [1.165, 1.54) is 22.9 Å². The van der Waals surface area contributed by atoms with Crippen molar-refractivity contribution in [1.82, 2.24) is 9.78 Å². The van der Waals surface area contributed by atoms with Crippen LogP contribution in [0.5, 0.6) is 0 Å². The third-order valence-electron chi connectivity index (χ3n) is 2.87. The Balaban J connectivity index is 2.33. The van der Waals surface area contributed by atoms with Gasteiger partial charge in [0.2, 0.25) is 0 Å². The van der Waals surface area contributed by atoms with E-state index in [0.29, 0.717) is 33.8 Å². The number of benzene rings is 1. The van der Waals surface area contributed by atoms with Gasteiger partial charge >= 0.3 is 0 Å². The number of carbonyl (C=O) groups is 1. The zero-order valence-electron chi connectivity index (χ0n) is 11.1. The highest BCUT2D eigenvalue weighted by Gasteiger charge is 2.19. The summed E-state index contributed by atoms with van der Waals surface area (Å²) < 4.78 is 15.0. The van der Waals surface area contributed by atoms with E-state index in [4.69, 9.17) is 5.73 Å². The van der Waals surface area contributed by atoms with Crippen LogP contribution < -0.4 is 11.1 Å². The number of amides is 1. The Bertz CT molecular complexity index is 669. The van der Waals surface area contributed by atoms with Crippen LogP contribution in [0.15, 0.2) is 22.7 Å². The lowest BCUT2D eigenvalue weighted by atomic mass is 10.2. The number of aromatic nitrogens is 2. The Morgan fingerprint density at radius 2 is 2.25 bits per heavy atom. The van der Waals surface area contributed by atoms with E-state index < -0.39 is 0 Å². The van der Waals surface area contributed by atoms with Crippen LogP contribution >= 0.6 is 15.9 Å². The first-order valence-electron chi connectivity index (χ1n) is 6.03. The van der Waals surface area contributed by atoms with Crippen LogP contribution in [-0.4, -0.2) is 15.7 Å². The molecule has 0 atom stereocenters. The minimum atomic E-state index is -0.385. The molecule has 5 nitrogen and oxygen atoms in total. The molecule has 0 aliphatic carbocycles. The van der Waals surface area contributed by atoms with E-state index in [2.05, 4.69) is 26.3 Å². The van der Waals surface area contributed by atoms with E-state index in [0.717, 1.165) is 0 Å². The van der Waals surface area contributed by atoms with Crippen molar-refractivity contribution in [3.63, 3.8) is 0 Å². The standard InChI is InChI=1S/C13H14BrFN4O/c1-3-19-12(11(16)7(2)18-19)13(20)17-10-5-4-8(15)6-9(10)14/h4-6H,3,16H2,1-2H3,(H,17,20). The number of nitrogens with two attached hydrogens (primary N) is 1. The fourth-order valence-corrected chi connectivity index (χ4v) is 2.29. The molecule has 0 aliphatic rings. The number of nitrogen functional groups attached to an aromatic ring is 1. The van der Waals surface area contributed by atoms with Gasteiger partial charge in [-0.1, -0.05) is 0 Å². The van der Waals surface area contributed by atoms with Gasteiger partial charge in [-0.2, -0.15) is 5.10 Å². The van der Waals surface area contributed by atoms with E-state index in [1.54, 1.807) is 6.92 Å². The highest BCUT2D eigenvalue weighted by Crippen LogP contribution is 2.25. The third kappa shape index (κ3) is 2.67. The second-order valence-electron chi connectivity index (χ2n) is 4.24. The van der Waals surface area contributed by atoms with E-state index in [1.807, 2.05) is 6.92 Å². The quantitative estimate of drug-likeness (QED) is 0.902. The van der Waals surface area contributed by atoms with E-state index in [9.17, 15) is 9.18 Å². The number of nitrogens with one attached hydrogen (secondary N) is 1. The highest BCUT2D eigenvalue weighted by molar-refractivity contribution is 9.10. The molecular formula is C13H14BrFN4O. The summed E-state index contributed by atoms with van der Waals surface area (Å²) in [4.78, 5) is 12.3. The first kappa shape index (κ1) is 14.5. The minimum absolute atomic E-state index is 0.307. The molecule has 2 rings (SSSR count). The molecule has 3 N–H and O–H groups in total. The molecular weight excluding hydrogens is 327 g/mol. The maximum atomic E-state index is 13.0. The molecule has 0 fully saturated rings. The summed E-state index contributed by atoms with van der Waals surface area (Å²) in [6.07, 6.45) is 0. The monoisotopic (exact) mass is 340 g/mol. The molecule has 7 heteroatoms. The summed E-state index contributed by atoms with van der Waals surface area (Å²) in [5, 5.41) is 6.88. The Morgan fingerprint density at radius 1 is 1.55 bits per heavy atom. The zero-order valence-corrected chi connectivity index (χ0v) is 12.7. The van der Waals surface area contributed by atoms with Crippen molar-refractivity contribution in [2.45, 2.75) is 20.4 Å². The number of aryl methyl sites for hydroxylation is 2. The van der Waals surface area contributed by atoms with Gasteiger partial charge in [-0.05, 0) is 48.0 Å². The van der Waals surface area contributed by atoms with Crippen LogP contribution in [0.4, 0.5) is 15.8 Å². The number of nitrogens with zero attached hydrogens (tertiary/aromatic N) is 2. The van der Waals surface area contributed by atoms with E-state index in [-0.39, 0.29) is 11.7 Å². The van der Waals surface area contributed by atoms with Crippen molar-refractivity contribution in [1.29, 1.82) is 0 Å². The molecule has 0 unspecified atom stereocenters. The summed E-state index contributed by atoms with van der Waals surface area (Å²) >= 11 is 3.20. The molecule has 106 valence electrons. The first-order valence-corrected chi connectivity index (χ1v) is 6.82. The van der Waals surface area contributed by atoms with Gasteiger partial charge in [0, 0.05) is 11.0 Å². The summed E-state index contributed by atoms with van der Waals surface area (Å²) in [6, 6.07) is 4.03. The van der Waals surface area contributed by atoms with E-state index >= 15 is 0 Å². The lowest BCUT2D eigenvalue weighted by Gasteiger charge is -2.09. The summed E-state index contributed by atoms with van der Waals surface area (Å²) in [5.41, 5.74) is 7.61. The van der Waals surface area contributed by atoms with Gasteiger partial charge in [0.15, 0.2) is 0 Å². The van der Waals surface area contributed by atoms with Crippen LogP contribution in [0.25, 0.3) is 0 Å². The van der Waals surface area contributed by atoms with Crippen LogP contribution in [-0.2, 0) is 6.54 Å². The second-order valence-corrected chi connectivity index (χ2v) is 5.10. The van der Waals surface area contributed by atoms with Crippen LogP contribution in [0.2, 0.25) is 0 Å². The molecule has 1 heterocycles. The molecule has 0 saturated heterocycles. The van der Waals surface area contributed by atoms with Gasteiger partial charge < -0.3 is 11.1 Å². The van der Waals surface area contributed by atoms with Crippen molar-refractivity contribution in [3.05, 3.63) is 39.9 Å². The van der Waals surface area contributed by atoms with Crippen molar-refractivity contribution in [3.8, 4) is 0 Å². The van der Waals surface area contributed by atoms with Crippen LogP contribution in [0.1, 0.15) is 23.1 Å². The Hall–Kier alpha value is -1.89. The maximum Gasteiger partial charge on any atom is 0.276 e. The Morgan fingerprint density at radius 3 is 2.85 bits per heavy atom. The van der Waals surface area contributed by atoms with Gasteiger partial charge in [0.05, 0.1) is 17.1 Å².